The summed E-state index contributed by atoms with van der Waals surface area (Å²) in [5, 5.41) is 11.9. The summed E-state index contributed by atoms with van der Waals surface area (Å²) in [7, 11) is 0. The highest BCUT2D eigenvalue weighted by Gasteiger charge is 2.21. The van der Waals surface area contributed by atoms with E-state index in [0.29, 0.717) is 19.4 Å². The molecule has 21 heavy (non-hydrogen) atoms. The van der Waals surface area contributed by atoms with Gasteiger partial charge in [-0.15, -0.1) is 0 Å². The summed E-state index contributed by atoms with van der Waals surface area (Å²) >= 11 is 0. The molecule has 5 heteroatoms. The van der Waals surface area contributed by atoms with Gasteiger partial charge in [-0.05, 0) is 31.5 Å². The number of hydrogen-bond donors (Lipinski definition) is 2. The van der Waals surface area contributed by atoms with E-state index in [1.54, 1.807) is 0 Å². The van der Waals surface area contributed by atoms with E-state index in [2.05, 4.69) is 10.2 Å². The third-order valence-electron chi connectivity index (χ3n) is 3.77. The minimum atomic E-state index is -0.992. The third kappa shape index (κ3) is 5.19. The van der Waals surface area contributed by atoms with Crippen molar-refractivity contribution in [3.8, 4) is 0 Å². The van der Waals surface area contributed by atoms with Gasteiger partial charge in [-0.3, -0.25) is 4.79 Å². The molecule has 114 valence electrons. The number of hydrogen-bond acceptors (Lipinski definition) is 3. The van der Waals surface area contributed by atoms with Crippen LogP contribution in [-0.2, 0) is 16.0 Å². The molecule has 0 radical (unpaired) electrons. The van der Waals surface area contributed by atoms with Gasteiger partial charge < -0.3 is 15.3 Å². The molecule has 1 amide bonds. The van der Waals surface area contributed by atoms with Gasteiger partial charge in [0.2, 0.25) is 5.91 Å². The minimum Gasteiger partial charge on any atom is -0.480 e. The Hall–Kier alpha value is -1.88. The van der Waals surface area contributed by atoms with Gasteiger partial charge in [-0.1, -0.05) is 30.3 Å². The van der Waals surface area contributed by atoms with Crippen LogP contribution in [0.15, 0.2) is 30.3 Å². The lowest BCUT2D eigenvalue weighted by Gasteiger charge is -2.17. The molecule has 1 aromatic carbocycles. The van der Waals surface area contributed by atoms with E-state index in [4.69, 9.17) is 0 Å². The Labute approximate surface area is 125 Å². The number of benzene rings is 1. The van der Waals surface area contributed by atoms with Crippen molar-refractivity contribution in [3.63, 3.8) is 0 Å². The fourth-order valence-corrected chi connectivity index (χ4v) is 2.58. The summed E-state index contributed by atoms with van der Waals surface area (Å²) in [4.78, 5) is 25.4. The van der Waals surface area contributed by atoms with E-state index in [0.717, 1.165) is 18.7 Å². The van der Waals surface area contributed by atoms with Crippen LogP contribution >= 0.6 is 0 Å². The summed E-state index contributed by atoms with van der Waals surface area (Å²) < 4.78 is 0. The quantitative estimate of drug-likeness (QED) is 0.794. The second-order valence-electron chi connectivity index (χ2n) is 5.45. The Morgan fingerprint density at radius 3 is 2.48 bits per heavy atom. The number of carboxylic acids is 1. The Morgan fingerprint density at radius 2 is 1.86 bits per heavy atom. The van der Waals surface area contributed by atoms with E-state index in [9.17, 15) is 14.7 Å². The molecule has 1 aromatic rings. The first-order valence-electron chi connectivity index (χ1n) is 7.43. The molecular formula is C16H22N2O3. The van der Waals surface area contributed by atoms with Crippen LogP contribution in [0.1, 0.15) is 24.8 Å². The number of carbonyl (C=O) groups excluding carboxylic acids is 1. The molecule has 0 spiro atoms. The lowest BCUT2D eigenvalue weighted by atomic mass is 10.1. The molecule has 1 saturated heterocycles. The number of aliphatic carboxylic acids is 1. The number of carboxylic acid groups (broad SMARTS) is 1. The van der Waals surface area contributed by atoms with E-state index < -0.39 is 12.0 Å². The van der Waals surface area contributed by atoms with Gasteiger partial charge in [0.05, 0.1) is 0 Å². The Kier molecular flexibility index (Phi) is 5.75. The highest BCUT2D eigenvalue weighted by atomic mass is 16.4. The number of carbonyl (C=O) groups is 2. The predicted molar refractivity (Wildman–Crippen MR) is 80.0 cm³/mol. The fraction of sp³-hybridized carbons (Fsp3) is 0.500. The molecule has 1 heterocycles. The monoisotopic (exact) mass is 290 g/mol. The number of rotatable bonds is 7. The van der Waals surface area contributed by atoms with Crippen LogP contribution < -0.4 is 5.32 Å². The van der Waals surface area contributed by atoms with Crippen molar-refractivity contribution in [2.24, 2.45) is 0 Å². The van der Waals surface area contributed by atoms with Gasteiger partial charge >= 0.3 is 5.97 Å². The van der Waals surface area contributed by atoms with Gasteiger partial charge in [-0.2, -0.15) is 0 Å². The lowest BCUT2D eigenvalue weighted by molar-refractivity contribution is -0.141. The normalized spacial score (nSPS) is 16.6. The second kappa shape index (κ2) is 7.78. The maximum atomic E-state index is 11.9. The highest BCUT2D eigenvalue weighted by Crippen LogP contribution is 2.08. The van der Waals surface area contributed by atoms with Gasteiger partial charge in [-0.25, -0.2) is 4.79 Å². The molecule has 0 aromatic heterocycles. The van der Waals surface area contributed by atoms with Crippen molar-refractivity contribution in [2.75, 3.05) is 19.6 Å². The first-order valence-corrected chi connectivity index (χ1v) is 7.43. The van der Waals surface area contributed by atoms with Crippen LogP contribution in [0.25, 0.3) is 0 Å². The molecule has 0 aliphatic carbocycles. The molecule has 1 aliphatic rings. The Balaban J connectivity index is 1.81. The average molecular weight is 290 g/mol. The summed E-state index contributed by atoms with van der Waals surface area (Å²) in [5.74, 6) is -1.18. The van der Waals surface area contributed by atoms with E-state index in [1.807, 2.05) is 30.3 Å². The van der Waals surface area contributed by atoms with Gasteiger partial charge in [0.15, 0.2) is 0 Å². The van der Waals surface area contributed by atoms with Crippen molar-refractivity contribution in [2.45, 2.75) is 31.7 Å². The van der Waals surface area contributed by atoms with Crippen molar-refractivity contribution in [1.29, 1.82) is 0 Å². The molecule has 0 bridgehead atoms. The van der Waals surface area contributed by atoms with Crippen LogP contribution in [0, 0.1) is 0 Å². The number of amides is 1. The third-order valence-corrected chi connectivity index (χ3v) is 3.77. The summed E-state index contributed by atoms with van der Waals surface area (Å²) in [6.07, 6.45) is 3.05. The Morgan fingerprint density at radius 1 is 1.19 bits per heavy atom. The highest BCUT2D eigenvalue weighted by molar-refractivity contribution is 5.83. The molecule has 0 saturated carbocycles. The fourth-order valence-electron chi connectivity index (χ4n) is 2.58. The van der Waals surface area contributed by atoms with Crippen LogP contribution in [0.4, 0.5) is 0 Å². The SMILES string of the molecule is O=C(CCN1CCCC1)N[C@@H](Cc1ccccc1)C(=O)O. The van der Waals surface area contributed by atoms with Gasteiger partial charge in [0.1, 0.15) is 6.04 Å². The number of nitrogens with one attached hydrogen (secondary N) is 1. The average Bonchev–Trinajstić information content (AvgIpc) is 2.99. The molecule has 1 fully saturated rings. The maximum absolute atomic E-state index is 11.9. The van der Waals surface area contributed by atoms with Crippen LogP contribution in [0.3, 0.4) is 0 Å². The largest absolute Gasteiger partial charge is 0.480 e. The predicted octanol–water partition coefficient (Wildman–Crippen LogP) is 1.28. The van der Waals surface area contributed by atoms with Crippen molar-refractivity contribution in [3.05, 3.63) is 35.9 Å². The standard InChI is InChI=1S/C16H22N2O3/c19-15(8-11-18-9-4-5-10-18)17-14(16(20)21)12-13-6-2-1-3-7-13/h1-3,6-7,14H,4-5,8-12H2,(H,17,19)(H,20,21)/t14-/m0/s1. The van der Waals surface area contributed by atoms with E-state index >= 15 is 0 Å². The molecular weight excluding hydrogens is 268 g/mol. The first kappa shape index (κ1) is 15.5. The van der Waals surface area contributed by atoms with E-state index in [1.165, 1.54) is 12.8 Å². The zero-order valence-corrected chi connectivity index (χ0v) is 12.1. The topological polar surface area (TPSA) is 69.6 Å². The van der Waals surface area contributed by atoms with Crippen LogP contribution in [-0.4, -0.2) is 47.6 Å². The molecule has 1 atom stereocenters. The zero-order chi connectivity index (χ0) is 15.1. The van der Waals surface area contributed by atoms with Crippen LogP contribution in [0.5, 0.6) is 0 Å². The van der Waals surface area contributed by atoms with Gasteiger partial charge in [0, 0.05) is 19.4 Å². The second-order valence-corrected chi connectivity index (χ2v) is 5.45. The minimum absolute atomic E-state index is 0.190. The maximum Gasteiger partial charge on any atom is 0.326 e. The van der Waals surface area contributed by atoms with Crippen molar-refractivity contribution >= 4 is 11.9 Å². The molecule has 5 nitrogen and oxygen atoms in total. The summed E-state index contributed by atoms with van der Waals surface area (Å²) in [6, 6.07) is 8.48. The zero-order valence-electron chi connectivity index (χ0n) is 12.1. The van der Waals surface area contributed by atoms with Crippen molar-refractivity contribution < 1.29 is 14.7 Å². The number of likely N-dealkylation sites (tertiary alicyclic amines) is 1. The Bertz CT molecular complexity index is 470. The van der Waals surface area contributed by atoms with Crippen molar-refractivity contribution in [1.82, 2.24) is 10.2 Å². The van der Waals surface area contributed by atoms with Gasteiger partial charge in [0.25, 0.3) is 0 Å². The number of nitrogens with zero attached hydrogens (tertiary/aromatic N) is 1. The summed E-state index contributed by atoms with van der Waals surface area (Å²) in [5.41, 5.74) is 0.907. The molecule has 0 unspecified atom stereocenters. The van der Waals surface area contributed by atoms with Crippen LogP contribution in [0.2, 0.25) is 0 Å². The molecule has 2 rings (SSSR count). The van der Waals surface area contributed by atoms with E-state index in [-0.39, 0.29) is 5.91 Å². The first-order chi connectivity index (χ1) is 10.1. The molecule has 1 aliphatic heterocycles. The smallest absolute Gasteiger partial charge is 0.326 e. The molecule has 2 N–H and O–H groups in total. The lowest BCUT2D eigenvalue weighted by Crippen LogP contribution is -2.43. The summed E-state index contributed by atoms with van der Waals surface area (Å²) in [6.45, 7) is 2.79.